The molecule has 2 heteroatoms. The van der Waals surface area contributed by atoms with Crippen LogP contribution in [-0.4, -0.2) is 28.6 Å². The fraction of sp³-hybridized carbons (Fsp3) is 0.467. The number of hydrogen-bond donors (Lipinski definition) is 0. The molecular formula is C15H22N2. The molecule has 2 nitrogen and oxygen atoms in total. The van der Waals surface area contributed by atoms with Crippen molar-refractivity contribution in [2.45, 2.75) is 39.4 Å². The van der Waals surface area contributed by atoms with Crippen molar-refractivity contribution in [2.75, 3.05) is 6.54 Å². The van der Waals surface area contributed by atoms with Crippen LogP contribution in [-0.2, 0) is 6.42 Å². The molecule has 1 atom stereocenters. The van der Waals surface area contributed by atoms with Crippen molar-refractivity contribution < 1.29 is 0 Å². The van der Waals surface area contributed by atoms with E-state index in [0.29, 0.717) is 12.2 Å². The third kappa shape index (κ3) is 2.63. The molecule has 0 spiro atoms. The van der Waals surface area contributed by atoms with Crippen molar-refractivity contribution in [3.05, 3.63) is 48.3 Å². The minimum absolute atomic E-state index is 0.474. The van der Waals surface area contributed by atoms with Gasteiger partial charge in [-0.3, -0.25) is 0 Å². The van der Waals surface area contributed by atoms with E-state index < -0.39 is 0 Å². The SMILES string of the molecule is CCN1C=CN(C(C)C)C1Cc1ccccc1. The lowest BCUT2D eigenvalue weighted by molar-refractivity contribution is 0.131. The average molecular weight is 230 g/mol. The van der Waals surface area contributed by atoms with Crippen LogP contribution in [0.1, 0.15) is 26.3 Å². The summed E-state index contributed by atoms with van der Waals surface area (Å²) >= 11 is 0. The van der Waals surface area contributed by atoms with Crippen LogP contribution in [0.4, 0.5) is 0 Å². The number of rotatable bonds is 4. The van der Waals surface area contributed by atoms with E-state index in [1.807, 2.05) is 0 Å². The van der Waals surface area contributed by atoms with Crippen molar-refractivity contribution in [1.82, 2.24) is 9.80 Å². The molecule has 17 heavy (non-hydrogen) atoms. The van der Waals surface area contributed by atoms with Gasteiger partial charge in [-0.2, -0.15) is 0 Å². The molecule has 2 rings (SSSR count). The van der Waals surface area contributed by atoms with E-state index in [0.717, 1.165) is 13.0 Å². The van der Waals surface area contributed by atoms with Gasteiger partial charge in [-0.15, -0.1) is 0 Å². The standard InChI is InChI=1S/C15H22N2/c1-4-16-10-11-17(13(2)3)15(16)12-14-8-6-5-7-9-14/h5-11,13,15H,4,12H2,1-3H3. The van der Waals surface area contributed by atoms with Crippen molar-refractivity contribution in [3.63, 3.8) is 0 Å². The van der Waals surface area contributed by atoms with Crippen LogP contribution < -0.4 is 0 Å². The molecule has 0 bridgehead atoms. The number of likely N-dealkylation sites (N-methyl/N-ethyl adjacent to an activating group) is 1. The first-order valence-corrected chi connectivity index (χ1v) is 6.47. The molecular weight excluding hydrogens is 208 g/mol. The molecule has 0 saturated heterocycles. The maximum absolute atomic E-state index is 2.44. The molecule has 92 valence electrons. The largest absolute Gasteiger partial charge is 0.356 e. The highest BCUT2D eigenvalue weighted by atomic mass is 15.4. The third-order valence-corrected chi connectivity index (χ3v) is 3.38. The Labute approximate surface area is 105 Å². The van der Waals surface area contributed by atoms with E-state index in [-0.39, 0.29) is 0 Å². The predicted octanol–water partition coefficient (Wildman–Crippen LogP) is 3.07. The van der Waals surface area contributed by atoms with Crippen LogP contribution >= 0.6 is 0 Å². The zero-order chi connectivity index (χ0) is 12.3. The molecule has 1 aromatic rings. The van der Waals surface area contributed by atoms with Crippen LogP contribution in [0.25, 0.3) is 0 Å². The zero-order valence-electron chi connectivity index (χ0n) is 11.0. The zero-order valence-corrected chi connectivity index (χ0v) is 11.0. The molecule has 1 unspecified atom stereocenters. The molecule has 1 aliphatic rings. The van der Waals surface area contributed by atoms with Gasteiger partial charge in [0.1, 0.15) is 6.17 Å². The van der Waals surface area contributed by atoms with Gasteiger partial charge in [0.05, 0.1) is 0 Å². The Morgan fingerprint density at radius 3 is 2.41 bits per heavy atom. The first-order chi connectivity index (χ1) is 8.22. The fourth-order valence-corrected chi connectivity index (χ4v) is 2.41. The summed E-state index contributed by atoms with van der Waals surface area (Å²) in [6.07, 6.45) is 6.00. The second-order valence-corrected chi connectivity index (χ2v) is 4.84. The minimum Gasteiger partial charge on any atom is -0.356 e. The van der Waals surface area contributed by atoms with Gasteiger partial charge in [0.15, 0.2) is 0 Å². The van der Waals surface area contributed by atoms with E-state index in [1.165, 1.54) is 5.56 Å². The van der Waals surface area contributed by atoms with Crippen molar-refractivity contribution in [1.29, 1.82) is 0 Å². The van der Waals surface area contributed by atoms with Crippen molar-refractivity contribution >= 4 is 0 Å². The maximum Gasteiger partial charge on any atom is 0.105 e. The van der Waals surface area contributed by atoms with Crippen molar-refractivity contribution in [2.24, 2.45) is 0 Å². The van der Waals surface area contributed by atoms with Crippen molar-refractivity contribution in [3.8, 4) is 0 Å². The van der Waals surface area contributed by atoms with Crippen LogP contribution in [0, 0.1) is 0 Å². The van der Waals surface area contributed by atoms with E-state index in [2.05, 4.69) is 73.3 Å². The van der Waals surface area contributed by atoms with Gasteiger partial charge in [-0.05, 0) is 26.3 Å². The van der Waals surface area contributed by atoms with Crippen LogP contribution in [0.3, 0.4) is 0 Å². The Kier molecular flexibility index (Phi) is 3.72. The summed E-state index contributed by atoms with van der Waals surface area (Å²) in [6, 6.07) is 11.3. The molecule has 0 fully saturated rings. The van der Waals surface area contributed by atoms with Crippen LogP contribution in [0.2, 0.25) is 0 Å². The molecule has 0 radical (unpaired) electrons. The quantitative estimate of drug-likeness (QED) is 0.784. The van der Waals surface area contributed by atoms with E-state index in [9.17, 15) is 0 Å². The topological polar surface area (TPSA) is 6.48 Å². The highest BCUT2D eigenvalue weighted by molar-refractivity contribution is 5.17. The maximum atomic E-state index is 2.44. The van der Waals surface area contributed by atoms with Gasteiger partial charge < -0.3 is 9.80 Å². The second-order valence-electron chi connectivity index (χ2n) is 4.84. The first kappa shape index (κ1) is 12.0. The molecule has 0 N–H and O–H groups in total. The minimum atomic E-state index is 0.474. The summed E-state index contributed by atoms with van der Waals surface area (Å²) in [5.74, 6) is 0. The summed E-state index contributed by atoms with van der Waals surface area (Å²) in [6.45, 7) is 7.78. The molecule has 0 saturated carbocycles. The Balaban J connectivity index is 2.11. The Morgan fingerprint density at radius 2 is 1.82 bits per heavy atom. The highest BCUT2D eigenvalue weighted by Gasteiger charge is 2.26. The summed E-state index contributed by atoms with van der Waals surface area (Å²) < 4.78 is 0. The Bertz CT molecular complexity index is 370. The number of benzene rings is 1. The van der Waals surface area contributed by atoms with Gasteiger partial charge >= 0.3 is 0 Å². The molecule has 1 aliphatic heterocycles. The predicted molar refractivity (Wildman–Crippen MR) is 72.4 cm³/mol. The van der Waals surface area contributed by atoms with Crippen LogP contribution in [0.5, 0.6) is 0 Å². The summed E-state index contributed by atoms with van der Waals surface area (Å²) in [4.78, 5) is 4.85. The summed E-state index contributed by atoms with van der Waals surface area (Å²) in [5.41, 5.74) is 1.41. The Morgan fingerprint density at radius 1 is 1.12 bits per heavy atom. The van der Waals surface area contributed by atoms with Gasteiger partial charge in [0.2, 0.25) is 0 Å². The second kappa shape index (κ2) is 5.26. The summed E-state index contributed by atoms with van der Waals surface area (Å²) in [7, 11) is 0. The fourth-order valence-electron chi connectivity index (χ4n) is 2.41. The molecule has 1 aromatic carbocycles. The summed E-state index contributed by atoms with van der Waals surface area (Å²) in [5, 5.41) is 0. The lowest BCUT2D eigenvalue weighted by Crippen LogP contribution is -2.43. The van der Waals surface area contributed by atoms with Gasteiger partial charge in [0.25, 0.3) is 0 Å². The van der Waals surface area contributed by atoms with E-state index >= 15 is 0 Å². The van der Waals surface area contributed by atoms with Crippen LogP contribution in [0.15, 0.2) is 42.7 Å². The van der Waals surface area contributed by atoms with E-state index in [1.54, 1.807) is 0 Å². The smallest absolute Gasteiger partial charge is 0.105 e. The third-order valence-electron chi connectivity index (χ3n) is 3.38. The van der Waals surface area contributed by atoms with Gasteiger partial charge in [0, 0.05) is 31.4 Å². The average Bonchev–Trinajstić information content (AvgIpc) is 2.73. The molecule has 1 heterocycles. The Hall–Kier alpha value is -1.44. The first-order valence-electron chi connectivity index (χ1n) is 6.47. The molecule has 0 aliphatic carbocycles. The number of nitrogens with zero attached hydrogens (tertiary/aromatic N) is 2. The normalized spacial score (nSPS) is 19.4. The molecule has 0 aromatic heterocycles. The lowest BCUT2D eigenvalue weighted by Gasteiger charge is -2.35. The highest BCUT2D eigenvalue weighted by Crippen LogP contribution is 2.21. The number of hydrogen-bond acceptors (Lipinski definition) is 2. The van der Waals surface area contributed by atoms with E-state index in [4.69, 9.17) is 0 Å². The lowest BCUT2D eigenvalue weighted by atomic mass is 10.1. The monoisotopic (exact) mass is 230 g/mol. The molecule has 0 amide bonds. The van der Waals surface area contributed by atoms with Gasteiger partial charge in [-0.25, -0.2) is 0 Å². The van der Waals surface area contributed by atoms with Gasteiger partial charge in [-0.1, -0.05) is 30.3 Å².